The monoisotopic (exact) mass is 206 g/mol. The minimum absolute atomic E-state index is 0.0849. The van der Waals surface area contributed by atoms with Crippen LogP contribution in [0.4, 0.5) is 3.89 Å². The van der Waals surface area contributed by atoms with Gasteiger partial charge in [-0.1, -0.05) is 17.7 Å². The SMILES string of the molecule is CC(C)c1cc(S(=O)(=O)F)n(C)n1. The second-order valence-electron chi connectivity index (χ2n) is 3.12. The highest BCUT2D eigenvalue weighted by molar-refractivity contribution is 7.86. The predicted octanol–water partition coefficient (Wildman–Crippen LogP) is 1.20. The number of halogens is 1. The Morgan fingerprint density at radius 2 is 2.08 bits per heavy atom. The summed E-state index contributed by atoms with van der Waals surface area (Å²) in [5.74, 6) is 0.0849. The lowest BCUT2D eigenvalue weighted by Gasteiger charge is -1.95. The van der Waals surface area contributed by atoms with Gasteiger partial charge in [0.25, 0.3) is 0 Å². The Morgan fingerprint density at radius 3 is 2.31 bits per heavy atom. The molecule has 6 heteroatoms. The van der Waals surface area contributed by atoms with Gasteiger partial charge in [-0.2, -0.15) is 13.5 Å². The highest BCUT2D eigenvalue weighted by atomic mass is 32.3. The Morgan fingerprint density at radius 1 is 1.54 bits per heavy atom. The molecule has 0 aliphatic carbocycles. The van der Waals surface area contributed by atoms with Crippen LogP contribution >= 0.6 is 0 Å². The van der Waals surface area contributed by atoms with Crippen molar-refractivity contribution in [3.8, 4) is 0 Å². The van der Waals surface area contributed by atoms with Crippen molar-refractivity contribution >= 4 is 10.2 Å². The van der Waals surface area contributed by atoms with Gasteiger partial charge >= 0.3 is 10.2 Å². The van der Waals surface area contributed by atoms with Crippen LogP contribution in [0.5, 0.6) is 0 Å². The number of aryl methyl sites for hydroxylation is 1. The van der Waals surface area contributed by atoms with E-state index < -0.39 is 15.2 Å². The van der Waals surface area contributed by atoms with Gasteiger partial charge in [-0.25, -0.2) is 0 Å². The van der Waals surface area contributed by atoms with E-state index in [4.69, 9.17) is 0 Å². The molecule has 13 heavy (non-hydrogen) atoms. The number of nitrogens with zero attached hydrogens (tertiary/aromatic N) is 2. The van der Waals surface area contributed by atoms with Crippen molar-refractivity contribution in [3.63, 3.8) is 0 Å². The van der Waals surface area contributed by atoms with Gasteiger partial charge < -0.3 is 0 Å². The number of aromatic nitrogens is 2. The van der Waals surface area contributed by atoms with E-state index in [1.54, 1.807) is 0 Å². The minimum atomic E-state index is -4.65. The Labute approximate surface area is 76.6 Å². The topological polar surface area (TPSA) is 52.0 Å². The van der Waals surface area contributed by atoms with Gasteiger partial charge in [0, 0.05) is 13.1 Å². The van der Waals surface area contributed by atoms with Gasteiger partial charge in [0.05, 0.1) is 5.69 Å². The molecule has 0 aliphatic heterocycles. The molecule has 4 nitrogen and oxygen atoms in total. The second kappa shape index (κ2) is 3.10. The molecule has 0 spiro atoms. The molecule has 0 aromatic carbocycles. The number of hydrogen-bond donors (Lipinski definition) is 0. The van der Waals surface area contributed by atoms with Gasteiger partial charge in [-0.15, -0.1) is 0 Å². The zero-order valence-electron chi connectivity index (χ0n) is 7.65. The van der Waals surface area contributed by atoms with E-state index in [0.717, 1.165) is 4.68 Å². The maximum atomic E-state index is 12.6. The van der Waals surface area contributed by atoms with Crippen molar-refractivity contribution < 1.29 is 12.3 Å². The summed E-state index contributed by atoms with van der Waals surface area (Å²) < 4.78 is 34.7. The lowest BCUT2D eigenvalue weighted by molar-refractivity contribution is 0.534. The molecule has 1 aromatic rings. The average Bonchev–Trinajstić information content (AvgIpc) is 2.29. The summed E-state index contributed by atoms with van der Waals surface area (Å²) in [6.07, 6.45) is 0. The summed E-state index contributed by atoms with van der Waals surface area (Å²) in [5.41, 5.74) is 0.568. The van der Waals surface area contributed by atoms with Crippen LogP contribution in [0, 0.1) is 0 Å². The van der Waals surface area contributed by atoms with Crippen molar-refractivity contribution in [2.45, 2.75) is 24.8 Å². The molecule has 1 aromatic heterocycles. The fraction of sp³-hybridized carbons (Fsp3) is 0.571. The molecule has 74 valence electrons. The van der Waals surface area contributed by atoms with Crippen molar-refractivity contribution in [1.82, 2.24) is 9.78 Å². The first-order valence-corrected chi connectivity index (χ1v) is 5.19. The molecule has 0 atom stereocenters. The lowest BCUT2D eigenvalue weighted by atomic mass is 10.1. The average molecular weight is 206 g/mol. The third-order valence-corrected chi connectivity index (χ3v) is 2.58. The fourth-order valence-electron chi connectivity index (χ4n) is 0.982. The molecule has 0 fully saturated rings. The van der Waals surface area contributed by atoms with Gasteiger partial charge in [-0.3, -0.25) is 4.68 Å². The second-order valence-corrected chi connectivity index (χ2v) is 4.42. The molecule has 1 heterocycles. The lowest BCUT2D eigenvalue weighted by Crippen LogP contribution is -2.01. The van der Waals surface area contributed by atoms with Crippen LogP contribution < -0.4 is 0 Å². The summed E-state index contributed by atoms with van der Waals surface area (Å²) >= 11 is 0. The molecule has 0 amide bonds. The minimum Gasteiger partial charge on any atom is -0.255 e. The van der Waals surface area contributed by atoms with Crippen LogP contribution in [0.2, 0.25) is 0 Å². The molecule has 1 rings (SSSR count). The normalized spacial score (nSPS) is 12.4. The maximum Gasteiger partial charge on any atom is 0.349 e. The quantitative estimate of drug-likeness (QED) is 0.683. The first-order chi connectivity index (χ1) is 5.82. The van der Waals surface area contributed by atoms with E-state index >= 15 is 0 Å². The highest BCUT2D eigenvalue weighted by Crippen LogP contribution is 2.18. The molecular formula is C7H11FN2O2S. The Hall–Kier alpha value is -0.910. The number of hydrogen-bond acceptors (Lipinski definition) is 3. The molecule has 0 aliphatic rings. The van der Waals surface area contributed by atoms with E-state index in [-0.39, 0.29) is 5.92 Å². The molecule has 0 saturated carbocycles. The summed E-state index contributed by atoms with van der Waals surface area (Å²) in [6, 6.07) is 1.25. The summed E-state index contributed by atoms with van der Waals surface area (Å²) in [6.45, 7) is 3.72. The Kier molecular flexibility index (Phi) is 2.42. The van der Waals surface area contributed by atoms with Gasteiger partial charge in [0.1, 0.15) is 0 Å². The third-order valence-electron chi connectivity index (χ3n) is 1.70. The highest BCUT2D eigenvalue weighted by Gasteiger charge is 2.19. The molecule has 0 radical (unpaired) electrons. The van der Waals surface area contributed by atoms with E-state index in [2.05, 4.69) is 5.10 Å². The van der Waals surface area contributed by atoms with E-state index in [1.807, 2.05) is 13.8 Å². The van der Waals surface area contributed by atoms with Crippen molar-refractivity contribution in [2.24, 2.45) is 7.05 Å². The van der Waals surface area contributed by atoms with Crippen LogP contribution in [0.25, 0.3) is 0 Å². The smallest absolute Gasteiger partial charge is 0.255 e. The Bertz CT molecular complexity index is 408. The fourth-order valence-corrected chi connectivity index (χ4v) is 1.60. The van der Waals surface area contributed by atoms with Gasteiger partial charge in [-0.05, 0) is 5.92 Å². The molecule has 0 unspecified atom stereocenters. The largest absolute Gasteiger partial charge is 0.349 e. The van der Waals surface area contributed by atoms with Gasteiger partial charge in [0.15, 0.2) is 5.03 Å². The third kappa shape index (κ3) is 2.06. The van der Waals surface area contributed by atoms with E-state index in [0.29, 0.717) is 5.69 Å². The molecule has 0 bridgehead atoms. The van der Waals surface area contributed by atoms with Crippen LogP contribution in [0.1, 0.15) is 25.5 Å². The van der Waals surface area contributed by atoms with Gasteiger partial charge in [0.2, 0.25) is 0 Å². The standard InChI is InChI=1S/C7H11FN2O2S/c1-5(2)6-4-7(10(3)9-6)13(8,11)12/h4-5H,1-3H3. The van der Waals surface area contributed by atoms with Crippen molar-refractivity contribution in [3.05, 3.63) is 11.8 Å². The molecule has 0 N–H and O–H groups in total. The maximum absolute atomic E-state index is 12.6. The summed E-state index contributed by atoms with van der Waals surface area (Å²) in [4.78, 5) is 0. The molecular weight excluding hydrogens is 195 g/mol. The van der Waals surface area contributed by atoms with E-state index in [9.17, 15) is 12.3 Å². The molecule has 0 saturated heterocycles. The number of rotatable bonds is 2. The summed E-state index contributed by atoms with van der Waals surface area (Å²) in [7, 11) is -3.24. The van der Waals surface area contributed by atoms with Crippen molar-refractivity contribution in [2.75, 3.05) is 0 Å². The van der Waals surface area contributed by atoms with Crippen LogP contribution in [-0.2, 0) is 17.3 Å². The predicted molar refractivity (Wildman–Crippen MR) is 45.6 cm³/mol. The first-order valence-electron chi connectivity index (χ1n) is 3.81. The summed E-state index contributed by atoms with van der Waals surface area (Å²) in [5, 5.41) is 3.48. The zero-order chi connectivity index (χ0) is 10.2. The van der Waals surface area contributed by atoms with Crippen LogP contribution in [-0.4, -0.2) is 18.2 Å². The zero-order valence-corrected chi connectivity index (χ0v) is 8.47. The van der Waals surface area contributed by atoms with Crippen molar-refractivity contribution in [1.29, 1.82) is 0 Å². The van der Waals surface area contributed by atoms with Crippen LogP contribution in [0.3, 0.4) is 0 Å². The van der Waals surface area contributed by atoms with Crippen LogP contribution in [0.15, 0.2) is 11.1 Å². The Balaban J connectivity index is 3.27. The first kappa shape index (κ1) is 10.2. The van der Waals surface area contributed by atoms with E-state index in [1.165, 1.54) is 13.1 Å².